The second-order valence-corrected chi connectivity index (χ2v) is 11.1. The van der Waals surface area contributed by atoms with E-state index < -0.39 is 6.04 Å². The minimum Gasteiger partial charge on any atom is -0.347 e. The van der Waals surface area contributed by atoms with Crippen molar-refractivity contribution in [1.82, 2.24) is 10.2 Å². The first-order valence-corrected chi connectivity index (χ1v) is 14.3. The van der Waals surface area contributed by atoms with E-state index in [0.29, 0.717) is 28.6 Å². The lowest BCUT2D eigenvalue weighted by Crippen LogP contribution is -2.46. The van der Waals surface area contributed by atoms with Gasteiger partial charge in [-0.15, -0.1) is 0 Å². The number of nitrogens with one attached hydrogen (secondary N) is 2. The van der Waals surface area contributed by atoms with Crippen molar-refractivity contribution in [3.63, 3.8) is 0 Å². The van der Waals surface area contributed by atoms with E-state index in [1.165, 1.54) is 11.3 Å². The van der Waals surface area contributed by atoms with E-state index >= 15 is 0 Å². The maximum absolute atomic E-state index is 13.5. The molecule has 1 unspecified atom stereocenters. The first-order valence-electron chi connectivity index (χ1n) is 13.9. The molecular weight excluding hydrogens is 498 g/mol. The van der Waals surface area contributed by atoms with E-state index in [1.807, 2.05) is 24.3 Å². The Morgan fingerprint density at radius 2 is 1.76 bits per heavy atom. The molecule has 2 aromatic carbocycles. The molecule has 3 rings (SSSR count). The average molecular weight is 540 g/mol. The van der Waals surface area contributed by atoms with E-state index in [9.17, 15) is 14.4 Å². The number of amides is 3. The number of unbranched alkanes of at least 4 members (excludes halogenated alkanes) is 1. The predicted molar refractivity (Wildman–Crippen MR) is 154 cm³/mol. The highest BCUT2D eigenvalue weighted by Gasteiger charge is 2.35. The molecule has 0 spiro atoms. The highest BCUT2D eigenvalue weighted by molar-refractivity contribution is 6.30. The number of rotatable bonds is 11. The molecule has 2 aromatic rings. The maximum atomic E-state index is 13.5. The molecule has 0 aliphatic heterocycles. The molecule has 0 radical (unpaired) electrons. The van der Waals surface area contributed by atoms with E-state index in [1.54, 1.807) is 38.4 Å². The Labute approximate surface area is 232 Å². The number of carbonyl (C=O) groups is 3. The van der Waals surface area contributed by atoms with Gasteiger partial charge in [0, 0.05) is 36.3 Å². The van der Waals surface area contributed by atoms with E-state index in [-0.39, 0.29) is 29.6 Å². The zero-order chi connectivity index (χ0) is 27.7. The van der Waals surface area contributed by atoms with Gasteiger partial charge in [-0.3, -0.25) is 14.4 Å². The summed E-state index contributed by atoms with van der Waals surface area (Å²) in [5, 5.41) is 6.65. The van der Waals surface area contributed by atoms with Crippen LogP contribution in [0.5, 0.6) is 0 Å². The number of benzene rings is 2. The monoisotopic (exact) mass is 539 g/mol. The maximum Gasteiger partial charge on any atom is 0.252 e. The fourth-order valence-electron chi connectivity index (χ4n) is 5.51. The van der Waals surface area contributed by atoms with Crippen LogP contribution in [-0.4, -0.2) is 42.8 Å². The van der Waals surface area contributed by atoms with Crippen LogP contribution < -0.4 is 10.6 Å². The van der Waals surface area contributed by atoms with Crippen LogP contribution in [0.4, 0.5) is 5.69 Å². The summed E-state index contributed by atoms with van der Waals surface area (Å²) in [6.07, 6.45) is 7.53. The van der Waals surface area contributed by atoms with E-state index in [0.717, 1.165) is 44.1 Å². The number of hydrogen-bond donors (Lipinski definition) is 2. The number of hydrogen-bond acceptors (Lipinski definition) is 3. The Kier molecular flexibility index (Phi) is 11.2. The van der Waals surface area contributed by atoms with Crippen LogP contribution in [0.3, 0.4) is 0 Å². The molecule has 3 amide bonds. The predicted octanol–water partition coefficient (Wildman–Crippen LogP) is 6.66. The summed E-state index contributed by atoms with van der Waals surface area (Å²) in [5.74, 6) is 0.112. The van der Waals surface area contributed by atoms with Crippen LogP contribution in [0.2, 0.25) is 5.02 Å². The molecular formula is C31H42ClN3O3. The third kappa shape index (κ3) is 8.07. The van der Waals surface area contributed by atoms with Gasteiger partial charge < -0.3 is 15.5 Å². The van der Waals surface area contributed by atoms with Crippen LogP contribution in [0.15, 0.2) is 48.5 Å². The van der Waals surface area contributed by atoms with Gasteiger partial charge in [0.1, 0.15) is 6.04 Å². The van der Waals surface area contributed by atoms with Gasteiger partial charge in [0.25, 0.3) is 5.91 Å². The molecule has 1 aliphatic rings. The third-order valence-electron chi connectivity index (χ3n) is 7.57. The summed E-state index contributed by atoms with van der Waals surface area (Å²) in [6, 6.07) is 14.2. The van der Waals surface area contributed by atoms with Gasteiger partial charge in [0.15, 0.2) is 0 Å². The van der Waals surface area contributed by atoms with E-state index in [4.69, 9.17) is 11.6 Å². The second-order valence-electron chi connectivity index (χ2n) is 10.7. The number of anilines is 1. The Hall–Kier alpha value is -2.86. The summed E-state index contributed by atoms with van der Waals surface area (Å²) in [5.41, 5.74) is 2.14. The lowest BCUT2D eigenvalue weighted by molar-refractivity contribution is -0.130. The highest BCUT2D eigenvalue weighted by Crippen LogP contribution is 2.43. The number of halogens is 1. The molecule has 0 saturated heterocycles. The first kappa shape index (κ1) is 29.7. The van der Waals surface area contributed by atoms with Crippen molar-refractivity contribution in [3.8, 4) is 0 Å². The molecule has 1 saturated carbocycles. The van der Waals surface area contributed by atoms with Gasteiger partial charge in [-0.1, -0.05) is 69.3 Å². The second kappa shape index (κ2) is 14.3. The summed E-state index contributed by atoms with van der Waals surface area (Å²) >= 11 is 6.13. The van der Waals surface area contributed by atoms with Crippen LogP contribution >= 0.6 is 11.6 Å². The topological polar surface area (TPSA) is 78.5 Å². The van der Waals surface area contributed by atoms with Crippen LogP contribution in [0, 0.1) is 11.8 Å². The lowest BCUT2D eigenvalue weighted by atomic mass is 9.69. The summed E-state index contributed by atoms with van der Waals surface area (Å²) in [4.78, 5) is 40.7. The van der Waals surface area contributed by atoms with Crippen molar-refractivity contribution in [3.05, 3.63) is 64.7 Å². The fourth-order valence-corrected chi connectivity index (χ4v) is 5.64. The highest BCUT2D eigenvalue weighted by atomic mass is 35.5. The molecule has 0 aromatic heterocycles. The van der Waals surface area contributed by atoms with Gasteiger partial charge >= 0.3 is 0 Å². The molecule has 0 heterocycles. The number of nitrogens with zero attached hydrogens (tertiary/aromatic N) is 1. The molecule has 1 aliphatic carbocycles. The number of carbonyl (C=O) groups excluding carboxylic acids is 3. The zero-order valence-electron chi connectivity index (χ0n) is 23.1. The summed E-state index contributed by atoms with van der Waals surface area (Å²) < 4.78 is 0. The zero-order valence-corrected chi connectivity index (χ0v) is 23.9. The van der Waals surface area contributed by atoms with Gasteiger partial charge in [-0.2, -0.15) is 0 Å². The van der Waals surface area contributed by atoms with Crippen molar-refractivity contribution in [1.29, 1.82) is 0 Å². The smallest absolute Gasteiger partial charge is 0.252 e. The van der Waals surface area contributed by atoms with Crippen molar-refractivity contribution >= 4 is 35.0 Å². The van der Waals surface area contributed by atoms with Crippen LogP contribution in [-0.2, 0) is 9.59 Å². The summed E-state index contributed by atoms with van der Waals surface area (Å²) in [7, 11) is 3.38. The van der Waals surface area contributed by atoms with Crippen molar-refractivity contribution in [2.24, 2.45) is 11.8 Å². The van der Waals surface area contributed by atoms with Gasteiger partial charge in [0.05, 0.1) is 0 Å². The minimum absolute atomic E-state index is 0.0268. The normalized spacial score (nSPS) is 19.9. The molecule has 6 nitrogen and oxygen atoms in total. The molecule has 2 N–H and O–H groups in total. The lowest BCUT2D eigenvalue weighted by Gasteiger charge is -2.36. The Balaban J connectivity index is 1.74. The van der Waals surface area contributed by atoms with Gasteiger partial charge in [-0.05, 0) is 73.4 Å². The van der Waals surface area contributed by atoms with E-state index in [2.05, 4.69) is 24.5 Å². The number of likely N-dealkylation sites (N-methyl/N-ethyl adjacent to an activating group) is 1. The minimum atomic E-state index is -0.575. The van der Waals surface area contributed by atoms with Crippen molar-refractivity contribution < 1.29 is 14.4 Å². The Morgan fingerprint density at radius 1 is 1.03 bits per heavy atom. The van der Waals surface area contributed by atoms with Crippen LogP contribution in [0.1, 0.15) is 87.1 Å². The van der Waals surface area contributed by atoms with Crippen LogP contribution in [0.25, 0.3) is 0 Å². The Bertz CT molecular complexity index is 1090. The molecule has 7 heteroatoms. The quantitative estimate of drug-likeness (QED) is 0.335. The largest absolute Gasteiger partial charge is 0.347 e. The van der Waals surface area contributed by atoms with Crippen molar-refractivity contribution in [2.75, 3.05) is 19.4 Å². The molecule has 0 bridgehead atoms. The summed E-state index contributed by atoms with van der Waals surface area (Å²) in [6.45, 7) is 4.26. The molecule has 38 heavy (non-hydrogen) atoms. The average Bonchev–Trinajstić information content (AvgIpc) is 2.91. The molecule has 1 fully saturated rings. The van der Waals surface area contributed by atoms with Gasteiger partial charge in [0.2, 0.25) is 11.8 Å². The fraction of sp³-hybridized carbons (Fsp3) is 0.516. The standard InChI is InChI=1S/C31H42ClN3O3/c1-5-7-12-28(31(38)35(3)4)34-29(36)23-10-8-11-25(20-23)33-30(37)26-18-13-21(9-6-2)19-27(26)22-14-16-24(32)17-15-22/h8,10-11,14-17,20-21,26-28H,5-7,9,12-13,18-19H2,1-4H3,(H,33,37)(H,34,36)/t21?,26-,27+,28+/m1/s1. The SMILES string of the molecule is CCCC[C@H](NC(=O)c1cccc(NC(=O)[C@@H]2CCC(CCC)C[C@H]2c2ccc(Cl)cc2)c1)C(=O)N(C)C. The first-order chi connectivity index (χ1) is 18.2. The Morgan fingerprint density at radius 3 is 2.42 bits per heavy atom. The van der Waals surface area contributed by atoms with Crippen molar-refractivity contribution in [2.45, 2.75) is 77.2 Å². The van der Waals surface area contributed by atoms with Gasteiger partial charge in [-0.25, -0.2) is 0 Å². The third-order valence-corrected chi connectivity index (χ3v) is 7.83. The molecule has 206 valence electrons. The molecule has 4 atom stereocenters.